The molecule has 1 atom stereocenters. The van der Waals surface area contributed by atoms with Crippen LogP contribution in [0.1, 0.15) is 38.5 Å². The van der Waals surface area contributed by atoms with E-state index in [9.17, 15) is 19.2 Å². The first kappa shape index (κ1) is 15.8. The highest BCUT2D eigenvalue weighted by atomic mass is 16.2. The van der Waals surface area contributed by atoms with Gasteiger partial charge in [-0.15, -0.1) is 0 Å². The summed E-state index contributed by atoms with van der Waals surface area (Å²) in [6.07, 6.45) is 3.87. The molecule has 3 aliphatic rings. The Bertz CT molecular complexity index is 556. The lowest BCUT2D eigenvalue weighted by atomic mass is 9.98. The second kappa shape index (κ2) is 5.82. The van der Waals surface area contributed by atoms with E-state index in [4.69, 9.17) is 5.73 Å². The summed E-state index contributed by atoms with van der Waals surface area (Å²) in [6, 6.07) is -0.402. The number of likely N-dealkylation sites (tertiary alicyclic amines) is 1. The van der Waals surface area contributed by atoms with Gasteiger partial charge in [0.05, 0.1) is 5.92 Å². The molecule has 3 fully saturated rings. The number of hydrogen-bond acceptors (Lipinski definition) is 4. The van der Waals surface area contributed by atoms with Gasteiger partial charge in [0.25, 0.3) is 5.91 Å². The van der Waals surface area contributed by atoms with Crippen molar-refractivity contribution in [3.63, 3.8) is 0 Å². The average Bonchev–Trinajstić information content (AvgIpc) is 3.20. The second-order valence-electron chi connectivity index (χ2n) is 6.65. The zero-order valence-electron chi connectivity index (χ0n) is 13.0. The fraction of sp³-hybridized carbons (Fsp3) is 0.733. The number of amides is 5. The standard InChI is InChI=1S/C15H22N4O4/c16-12(21)10-3-7-18(9-10)11(20)4-8-19-13(22)15(17-14(19)23)5-1-2-6-15/h10H,1-9H2,(H2,16,21)(H,17,23). The molecule has 1 spiro atoms. The molecule has 2 saturated heterocycles. The van der Waals surface area contributed by atoms with Crippen LogP contribution >= 0.6 is 0 Å². The molecule has 2 aliphatic heterocycles. The predicted molar refractivity (Wildman–Crippen MR) is 79.9 cm³/mol. The Morgan fingerprint density at radius 2 is 1.96 bits per heavy atom. The van der Waals surface area contributed by atoms with Gasteiger partial charge in [-0.05, 0) is 19.3 Å². The van der Waals surface area contributed by atoms with Crippen molar-refractivity contribution < 1.29 is 19.2 Å². The van der Waals surface area contributed by atoms with Crippen molar-refractivity contribution in [2.24, 2.45) is 11.7 Å². The Kier molecular flexibility index (Phi) is 3.99. The van der Waals surface area contributed by atoms with Gasteiger partial charge in [-0.25, -0.2) is 4.79 Å². The molecule has 0 aromatic heterocycles. The van der Waals surface area contributed by atoms with Crippen LogP contribution in [0, 0.1) is 5.92 Å². The lowest BCUT2D eigenvalue weighted by Gasteiger charge is -2.21. The number of imide groups is 1. The van der Waals surface area contributed by atoms with Gasteiger partial charge in [0.2, 0.25) is 11.8 Å². The molecule has 0 aromatic carbocycles. The molecule has 2 heterocycles. The van der Waals surface area contributed by atoms with Crippen molar-refractivity contribution in [3.05, 3.63) is 0 Å². The van der Waals surface area contributed by atoms with Crippen LogP contribution in [0.4, 0.5) is 4.79 Å². The Hall–Kier alpha value is -2.12. The number of carbonyl (C=O) groups is 4. The first-order chi connectivity index (χ1) is 10.9. The summed E-state index contributed by atoms with van der Waals surface area (Å²) in [6.45, 7) is 0.914. The lowest BCUT2D eigenvalue weighted by Crippen LogP contribution is -2.44. The van der Waals surface area contributed by atoms with Crippen molar-refractivity contribution >= 4 is 23.8 Å². The van der Waals surface area contributed by atoms with Crippen molar-refractivity contribution in [1.29, 1.82) is 0 Å². The second-order valence-corrected chi connectivity index (χ2v) is 6.65. The fourth-order valence-electron chi connectivity index (χ4n) is 3.78. The summed E-state index contributed by atoms with van der Waals surface area (Å²) in [5.41, 5.74) is 4.52. The Balaban J connectivity index is 1.54. The van der Waals surface area contributed by atoms with E-state index in [0.717, 1.165) is 17.7 Å². The van der Waals surface area contributed by atoms with Crippen molar-refractivity contribution in [2.45, 2.75) is 44.1 Å². The van der Waals surface area contributed by atoms with Crippen LogP contribution in [0.5, 0.6) is 0 Å². The van der Waals surface area contributed by atoms with E-state index < -0.39 is 17.5 Å². The van der Waals surface area contributed by atoms with Gasteiger partial charge < -0.3 is 16.0 Å². The molecular weight excluding hydrogens is 300 g/mol. The molecule has 0 radical (unpaired) electrons. The van der Waals surface area contributed by atoms with E-state index in [2.05, 4.69) is 5.32 Å². The molecule has 0 aromatic rings. The molecule has 8 nitrogen and oxygen atoms in total. The highest BCUT2D eigenvalue weighted by Gasteiger charge is 2.52. The molecule has 0 bridgehead atoms. The molecule has 1 unspecified atom stereocenters. The Morgan fingerprint density at radius 3 is 2.57 bits per heavy atom. The number of nitrogens with one attached hydrogen (secondary N) is 1. The van der Waals surface area contributed by atoms with Crippen LogP contribution in [-0.2, 0) is 14.4 Å². The normalized spacial score (nSPS) is 26.2. The largest absolute Gasteiger partial charge is 0.369 e. The quantitative estimate of drug-likeness (QED) is 0.684. The molecular formula is C15H22N4O4. The van der Waals surface area contributed by atoms with E-state index in [1.807, 2.05) is 0 Å². The van der Waals surface area contributed by atoms with Crippen LogP contribution in [0.25, 0.3) is 0 Å². The van der Waals surface area contributed by atoms with Crippen molar-refractivity contribution in [1.82, 2.24) is 15.1 Å². The minimum Gasteiger partial charge on any atom is -0.369 e. The van der Waals surface area contributed by atoms with E-state index in [1.54, 1.807) is 4.90 Å². The number of primary amides is 1. The molecule has 3 rings (SSSR count). The van der Waals surface area contributed by atoms with Gasteiger partial charge in [-0.2, -0.15) is 0 Å². The zero-order chi connectivity index (χ0) is 16.6. The SMILES string of the molecule is NC(=O)C1CCN(C(=O)CCN2C(=O)NC3(CCCC3)C2=O)C1. The maximum atomic E-state index is 12.5. The minimum atomic E-state index is -0.731. The van der Waals surface area contributed by atoms with Crippen molar-refractivity contribution in [2.75, 3.05) is 19.6 Å². The molecule has 5 amide bonds. The highest BCUT2D eigenvalue weighted by molar-refractivity contribution is 6.07. The Morgan fingerprint density at radius 1 is 1.26 bits per heavy atom. The predicted octanol–water partition coefficient (Wildman–Crippen LogP) is -0.425. The molecule has 1 saturated carbocycles. The van der Waals surface area contributed by atoms with E-state index in [1.165, 1.54) is 0 Å². The van der Waals surface area contributed by atoms with Gasteiger partial charge in [0.1, 0.15) is 5.54 Å². The molecule has 1 aliphatic carbocycles. The van der Waals surface area contributed by atoms with E-state index in [0.29, 0.717) is 32.4 Å². The number of rotatable bonds is 4. The molecule has 126 valence electrons. The average molecular weight is 322 g/mol. The van der Waals surface area contributed by atoms with Crippen LogP contribution < -0.4 is 11.1 Å². The summed E-state index contributed by atoms with van der Waals surface area (Å²) < 4.78 is 0. The van der Waals surface area contributed by atoms with E-state index >= 15 is 0 Å². The minimum absolute atomic E-state index is 0.0840. The molecule has 23 heavy (non-hydrogen) atoms. The van der Waals surface area contributed by atoms with Gasteiger partial charge in [0.15, 0.2) is 0 Å². The number of nitrogens with zero attached hydrogens (tertiary/aromatic N) is 2. The third kappa shape index (κ3) is 2.77. The summed E-state index contributed by atoms with van der Waals surface area (Å²) in [5.74, 6) is -1.04. The lowest BCUT2D eigenvalue weighted by molar-refractivity contribution is -0.133. The highest BCUT2D eigenvalue weighted by Crippen LogP contribution is 2.35. The van der Waals surface area contributed by atoms with Crippen LogP contribution in [-0.4, -0.2) is 58.7 Å². The third-order valence-corrected chi connectivity index (χ3v) is 5.20. The Labute approximate surface area is 134 Å². The zero-order valence-corrected chi connectivity index (χ0v) is 13.0. The molecule has 8 heteroatoms. The number of hydrogen-bond donors (Lipinski definition) is 2. The van der Waals surface area contributed by atoms with Gasteiger partial charge in [0, 0.05) is 26.1 Å². The van der Waals surface area contributed by atoms with Crippen LogP contribution in [0.15, 0.2) is 0 Å². The first-order valence-electron chi connectivity index (χ1n) is 8.14. The number of carbonyl (C=O) groups excluding carboxylic acids is 4. The monoisotopic (exact) mass is 322 g/mol. The van der Waals surface area contributed by atoms with Crippen LogP contribution in [0.3, 0.4) is 0 Å². The molecule has 3 N–H and O–H groups in total. The number of urea groups is 1. The third-order valence-electron chi connectivity index (χ3n) is 5.20. The van der Waals surface area contributed by atoms with Crippen LogP contribution in [0.2, 0.25) is 0 Å². The summed E-state index contributed by atoms with van der Waals surface area (Å²) in [5, 5.41) is 2.80. The van der Waals surface area contributed by atoms with Gasteiger partial charge in [-0.3, -0.25) is 19.3 Å². The van der Waals surface area contributed by atoms with Gasteiger partial charge in [-0.1, -0.05) is 12.8 Å². The smallest absolute Gasteiger partial charge is 0.325 e. The number of nitrogens with two attached hydrogens (primary N) is 1. The maximum absolute atomic E-state index is 12.5. The van der Waals surface area contributed by atoms with Crippen molar-refractivity contribution in [3.8, 4) is 0 Å². The maximum Gasteiger partial charge on any atom is 0.325 e. The fourth-order valence-corrected chi connectivity index (χ4v) is 3.78. The topological polar surface area (TPSA) is 113 Å². The first-order valence-corrected chi connectivity index (χ1v) is 8.14. The van der Waals surface area contributed by atoms with Gasteiger partial charge >= 0.3 is 6.03 Å². The summed E-state index contributed by atoms with van der Waals surface area (Å²) >= 11 is 0. The summed E-state index contributed by atoms with van der Waals surface area (Å²) in [4.78, 5) is 50.6. The summed E-state index contributed by atoms with van der Waals surface area (Å²) in [7, 11) is 0. The van der Waals surface area contributed by atoms with E-state index in [-0.39, 0.29) is 30.7 Å².